The molecule has 2 amide bonds. The van der Waals surface area contributed by atoms with E-state index < -0.39 is 0 Å². The molecule has 0 unspecified atom stereocenters. The van der Waals surface area contributed by atoms with Crippen LogP contribution in [-0.4, -0.2) is 23.8 Å². The van der Waals surface area contributed by atoms with E-state index in [1.807, 2.05) is 56.3 Å². The summed E-state index contributed by atoms with van der Waals surface area (Å²) in [6.07, 6.45) is 0.477. The van der Waals surface area contributed by atoms with Crippen LogP contribution in [0.25, 0.3) is 0 Å². The second kappa shape index (κ2) is 7.58. The predicted octanol–water partition coefficient (Wildman–Crippen LogP) is 3.87. The van der Waals surface area contributed by atoms with Gasteiger partial charge in [0.05, 0.1) is 6.04 Å². The van der Waals surface area contributed by atoms with E-state index in [0.717, 1.165) is 11.3 Å². The largest absolute Gasteiger partial charge is 0.339 e. The highest BCUT2D eigenvalue weighted by molar-refractivity contribution is 6.04. The average molecular weight is 310 g/mol. The summed E-state index contributed by atoms with van der Waals surface area (Å²) in [5.74, 6) is -0.0513. The molecule has 0 aliphatic carbocycles. The zero-order valence-electron chi connectivity index (χ0n) is 13.7. The summed E-state index contributed by atoms with van der Waals surface area (Å²) in [6.45, 7) is 3.83. The van der Waals surface area contributed by atoms with E-state index in [4.69, 9.17) is 0 Å². The van der Waals surface area contributed by atoms with Gasteiger partial charge in [-0.05, 0) is 36.8 Å². The molecule has 4 heteroatoms. The Hall–Kier alpha value is -2.62. The number of rotatable bonds is 5. The van der Waals surface area contributed by atoms with Crippen LogP contribution in [0, 0.1) is 0 Å². The van der Waals surface area contributed by atoms with Crippen molar-refractivity contribution < 1.29 is 9.59 Å². The zero-order valence-corrected chi connectivity index (χ0v) is 13.7. The fraction of sp³-hybridized carbons (Fsp3) is 0.263. The second-order valence-corrected chi connectivity index (χ2v) is 5.48. The molecule has 2 aromatic carbocycles. The van der Waals surface area contributed by atoms with Crippen molar-refractivity contribution in [2.45, 2.75) is 26.3 Å². The van der Waals surface area contributed by atoms with E-state index in [2.05, 4.69) is 5.32 Å². The molecule has 120 valence electrons. The summed E-state index contributed by atoms with van der Waals surface area (Å²) in [4.78, 5) is 25.8. The van der Waals surface area contributed by atoms with E-state index in [1.54, 1.807) is 24.1 Å². The Morgan fingerprint density at radius 1 is 1.09 bits per heavy atom. The van der Waals surface area contributed by atoms with Crippen molar-refractivity contribution in [3.05, 3.63) is 65.7 Å². The van der Waals surface area contributed by atoms with Gasteiger partial charge in [-0.25, -0.2) is 0 Å². The van der Waals surface area contributed by atoms with Crippen LogP contribution in [0.3, 0.4) is 0 Å². The Balaban J connectivity index is 2.14. The van der Waals surface area contributed by atoms with Crippen LogP contribution in [-0.2, 0) is 4.79 Å². The Kier molecular flexibility index (Phi) is 5.52. The van der Waals surface area contributed by atoms with Gasteiger partial charge >= 0.3 is 0 Å². The molecule has 0 radical (unpaired) electrons. The topological polar surface area (TPSA) is 49.4 Å². The van der Waals surface area contributed by atoms with Gasteiger partial charge in [-0.3, -0.25) is 9.59 Å². The highest BCUT2D eigenvalue weighted by Crippen LogP contribution is 2.22. The Labute approximate surface area is 137 Å². The summed E-state index contributed by atoms with van der Waals surface area (Å²) in [5.41, 5.74) is 2.32. The maximum Gasteiger partial charge on any atom is 0.255 e. The fourth-order valence-electron chi connectivity index (χ4n) is 2.36. The number of amides is 2. The molecule has 0 heterocycles. The third-order valence-electron chi connectivity index (χ3n) is 3.94. The first-order valence-electron chi connectivity index (χ1n) is 7.75. The fourth-order valence-corrected chi connectivity index (χ4v) is 2.36. The molecule has 0 bridgehead atoms. The predicted molar refractivity (Wildman–Crippen MR) is 92.3 cm³/mol. The molecular weight excluding hydrogens is 288 g/mol. The molecule has 23 heavy (non-hydrogen) atoms. The number of anilines is 1. The van der Waals surface area contributed by atoms with Crippen molar-refractivity contribution >= 4 is 17.5 Å². The third kappa shape index (κ3) is 4.19. The molecule has 2 aromatic rings. The van der Waals surface area contributed by atoms with E-state index >= 15 is 0 Å². The van der Waals surface area contributed by atoms with Crippen LogP contribution in [0.5, 0.6) is 0 Å². The van der Waals surface area contributed by atoms with Crippen LogP contribution in [0.1, 0.15) is 42.2 Å². The molecule has 0 aliphatic heterocycles. The molecular formula is C19H22N2O2. The summed E-state index contributed by atoms with van der Waals surface area (Å²) < 4.78 is 0. The van der Waals surface area contributed by atoms with Crippen molar-refractivity contribution in [1.29, 1.82) is 0 Å². The molecule has 1 N–H and O–H groups in total. The lowest BCUT2D eigenvalue weighted by atomic mass is 10.1. The standard InChI is InChI=1S/C19H22N2O2/c1-4-18(22)21(3)14(2)16-11-8-12-17(13-16)20-19(23)15-9-6-5-7-10-15/h5-14H,4H2,1-3H3,(H,20,23)/t14-/m1/s1. The first kappa shape index (κ1) is 16.7. The second-order valence-electron chi connectivity index (χ2n) is 5.48. The number of benzene rings is 2. The highest BCUT2D eigenvalue weighted by atomic mass is 16.2. The van der Waals surface area contributed by atoms with Crippen molar-refractivity contribution in [2.75, 3.05) is 12.4 Å². The molecule has 0 spiro atoms. The van der Waals surface area contributed by atoms with Gasteiger partial charge < -0.3 is 10.2 Å². The zero-order chi connectivity index (χ0) is 16.8. The summed E-state index contributed by atoms with van der Waals surface area (Å²) >= 11 is 0. The maximum atomic E-state index is 12.2. The summed E-state index contributed by atoms with van der Waals surface area (Å²) in [6, 6.07) is 16.6. The number of hydrogen-bond acceptors (Lipinski definition) is 2. The van der Waals surface area contributed by atoms with E-state index in [-0.39, 0.29) is 17.9 Å². The maximum absolute atomic E-state index is 12.2. The molecule has 2 rings (SSSR count). The number of carbonyl (C=O) groups is 2. The Morgan fingerprint density at radius 3 is 2.43 bits per heavy atom. The number of nitrogens with zero attached hydrogens (tertiary/aromatic N) is 1. The van der Waals surface area contributed by atoms with Crippen LogP contribution in [0.2, 0.25) is 0 Å². The van der Waals surface area contributed by atoms with Gasteiger partial charge in [0.25, 0.3) is 5.91 Å². The lowest BCUT2D eigenvalue weighted by Gasteiger charge is -2.25. The summed E-state index contributed by atoms with van der Waals surface area (Å²) in [7, 11) is 1.80. The van der Waals surface area contributed by atoms with Gasteiger partial charge in [0.1, 0.15) is 0 Å². The third-order valence-corrected chi connectivity index (χ3v) is 3.94. The number of nitrogens with one attached hydrogen (secondary N) is 1. The quantitative estimate of drug-likeness (QED) is 0.911. The van der Waals surface area contributed by atoms with Crippen molar-refractivity contribution in [1.82, 2.24) is 4.90 Å². The molecule has 0 fully saturated rings. The van der Waals surface area contributed by atoms with Gasteiger partial charge in [0.2, 0.25) is 5.91 Å². The monoisotopic (exact) mass is 310 g/mol. The van der Waals surface area contributed by atoms with Crippen molar-refractivity contribution in [3.8, 4) is 0 Å². The minimum atomic E-state index is -0.145. The Morgan fingerprint density at radius 2 is 1.78 bits per heavy atom. The molecule has 1 atom stereocenters. The lowest BCUT2D eigenvalue weighted by molar-refractivity contribution is -0.131. The minimum Gasteiger partial charge on any atom is -0.339 e. The molecule has 4 nitrogen and oxygen atoms in total. The van der Waals surface area contributed by atoms with Gasteiger partial charge in [-0.15, -0.1) is 0 Å². The average Bonchev–Trinajstić information content (AvgIpc) is 2.60. The smallest absolute Gasteiger partial charge is 0.255 e. The van der Waals surface area contributed by atoms with E-state index in [1.165, 1.54) is 0 Å². The van der Waals surface area contributed by atoms with Crippen LogP contribution < -0.4 is 5.32 Å². The van der Waals surface area contributed by atoms with Crippen LogP contribution in [0.4, 0.5) is 5.69 Å². The summed E-state index contributed by atoms with van der Waals surface area (Å²) in [5, 5.41) is 2.89. The number of hydrogen-bond donors (Lipinski definition) is 1. The first-order chi connectivity index (χ1) is 11.0. The molecule has 0 saturated heterocycles. The first-order valence-corrected chi connectivity index (χ1v) is 7.75. The van der Waals surface area contributed by atoms with Gasteiger partial charge in [-0.1, -0.05) is 37.3 Å². The van der Waals surface area contributed by atoms with Gasteiger partial charge in [-0.2, -0.15) is 0 Å². The van der Waals surface area contributed by atoms with E-state index in [0.29, 0.717) is 12.0 Å². The van der Waals surface area contributed by atoms with Gasteiger partial charge in [0.15, 0.2) is 0 Å². The molecule has 0 aromatic heterocycles. The van der Waals surface area contributed by atoms with Gasteiger partial charge in [0, 0.05) is 24.7 Å². The van der Waals surface area contributed by atoms with Crippen LogP contribution in [0.15, 0.2) is 54.6 Å². The lowest BCUT2D eigenvalue weighted by Crippen LogP contribution is -2.28. The molecule has 0 saturated carbocycles. The molecule has 0 aliphatic rings. The highest BCUT2D eigenvalue weighted by Gasteiger charge is 2.16. The number of carbonyl (C=O) groups excluding carboxylic acids is 2. The SMILES string of the molecule is CCC(=O)N(C)[C@H](C)c1cccc(NC(=O)c2ccccc2)c1. The van der Waals surface area contributed by atoms with E-state index in [9.17, 15) is 9.59 Å². The van der Waals surface area contributed by atoms with Crippen LogP contribution >= 0.6 is 0 Å². The minimum absolute atomic E-state index is 0.0453. The van der Waals surface area contributed by atoms with Crippen molar-refractivity contribution in [2.24, 2.45) is 0 Å². The normalized spacial score (nSPS) is 11.6. The Bertz CT molecular complexity index is 683. The van der Waals surface area contributed by atoms with Crippen molar-refractivity contribution in [3.63, 3.8) is 0 Å².